The second kappa shape index (κ2) is 6.17. The van der Waals surface area contributed by atoms with Crippen LogP contribution in [-0.4, -0.2) is 34.0 Å². The van der Waals surface area contributed by atoms with Crippen molar-refractivity contribution in [3.8, 4) is 0 Å². The second-order valence-electron chi connectivity index (χ2n) is 5.68. The average Bonchev–Trinajstić information content (AvgIpc) is 2.35. The van der Waals surface area contributed by atoms with Crippen molar-refractivity contribution >= 4 is 5.97 Å². The summed E-state index contributed by atoms with van der Waals surface area (Å²) >= 11 is 0. The van der Waals surface area contributed by atoms with Gasteiger partial charge in [-0.15, -0.1) is 0 Å². The number of esters is 1. The van der Waals surface area contributed by atoms with Crippen LogP contribution in [0.25, 0.3) is 0 Å². The van der Waals surface area contributed by atoms with Crippen molar-refractivity contribution in [2.75, 3.05) is 6.61 Å². The maximum atomic E-state index is 11.9. The lowest BCUT2D eigenvalue weighted by Crippen LogP contribution is -2.46. The van der Waals surface area contributed by atoms with E-state index in [9.17, 15) is 15.0 Å². The van der Waals surface area contributed by atoms with Gasteiger partial charge >= 0.3 is 5.97 Å². The molecule has 1 unspecified atom stereocenters. The van der Waals surface area contributed by atoms with Crippen LogP contribution in [-0.2, 0) is 16.0 Å². The van der Waals surface area contributed by atoms with E-state index in [0.717, 1.165) is 5.56 Å². The molecule has 0 fully saturated rings. The number of rotatable bonds is 5. The van der Waals surface area contributed by atoms with Crippen LogP contribution in [0.2, 0.25) is 0 Å². The maximum absolute atomic E-state index is 11.9. The van der Waals surface area contributed by atoms with Crippen LogP contribution >= 0.6 is 0 Å². The third kappa shape index (κ3) is 5.01. The van der Waals surface area contributed by atoms with Gasteiger partial charge in [-0.2, -0.15) is 0 Å². The Balaban J connectivity index is 2.67. The number of carbonyl (C=O) groups is 1. The van der Waals surface area contributed by atoms with Gasteiger partial charge in [-0.1, -0.05) is 30.3 Å². The predicted octanol–water partition coefficient (Wildman–Crippen LogP) is 1.68. The molecule has 0 bridgehead atoms. The monoisotopic (exact) mass is 266 g/mol. The number of hydrogen-bond acceptors (Lipinski definition) is 4. The molecule has 19 heavy (non-hydrogen) atoms. The highest BCUT2D eigenvalue weighted by Gasteiger charge is 2.38. The molecule has 0 aliphatic heterocycles. The highest BCUT2D eigenvalue weighted by atomic mass is 16.6. The van der Waals surface area contributed by atoms with Crippen molar-refractivity contribution in [3.05, 3.63) is 35.9 Å². The van der Waals surface area contributed by atoms with E-state index in [0.29, 0.717) is 6.42 Å². The number of hydrogen-bond donors (Lipinski definition) is 2. The molecule has 0 aliphatic carbocycles. The molecule has 0 spiro atoms. The van der Waals surface area contributed by atoms with Crippen molar-refractivity contribution in [1.82, 2.24) is 0 Å². The number of aryl methyl sites for hydroxylation is 1. The van der Waals surface area contributed by atoms with Gasteiger partial charge in [0.15, 0.2) is 5.60 Å². The molecule has 1 aromatic carbocycles. The van der Waals surface area contributed by atoms with Gasteiger partial charge in [0.05, 0.1) is 6.61 Å². The minimum Gasteiger partial charge on any atom is -0.458 e. The Morgan fingerprint density at radius 1 is 1.21 bits per heavy atom. The lowest BCUT2D eigenvalue weighted by molar-refractivity contribution is -0.182. The van der Waals surface area contributed by atoms with Crippen molar-refractivity contribution in [2.24, 2.45) is 0 Å². The Morgan fingerprint density at radius 2 is 1.79 bits per heavy atom. The molecule has 0 aromatic heterocycles. The first-order valence-corrected chi connectivity index (χ1v) is 6.37. The Labute approximate surface area is 114 Å². The summed E-state index contributed by atoms with van der Waals surface area (Å²) < 4.78 is 5.13. The standard InChI is InChI=1S/C15H22O4/c1-14(2,3)19-13(17)15(18,11-16)10-9-12-7-5-4-6-8-12/h4-8,16,18H,9-11H2,1-3H3. The third-order valence-corrected chi connectivity index (χ3v) is 2.71. The smallest absolute Gasteiger partial charge is 0.341 e. The fraction of sp³-hybridized carbons (Fsp3) is 0.533. The number of aliphatic hydroxyl groups is 2. The summed E-state index contributed by atoms with van der Waals surface area (Å²) in [5.74, 6) is -0.779. The molecule has 0 saturated heterocycles. The first-order chi connectivity index (χ1) is 8.77. The molecule has 4 nitrogen and oxygen atoms in total. The minimum absolute atomic E-state index is 0.127. The van der Waals surface area contributed by atoms with Crippen molar-refractivity contribution < 1.29 is 19.7 Å². The van der Waals surface area contributed by atoms with Crippen molar-refractivity contribution in [3.63, 3.8) is 0 Å². The molecule has 106 valence electrons. The summed E-state index contributed by atoms with van der Waals surface area (Å²) in [4.78, 5) is 11.9. The van der Waals surface area contributed by atoms with Crippen molar-refractivity contribution in [2.45, 2.75) is 44.8 Å². The Hall–Kier alpha value is -1.39. The normalized spacial score (nSPS) is 14.8. The van der Waals surface area contributed by atoms with Crippen LogP contribution in [0.3, 0.4) is 0 Å². The van der Waals surface area contributed by atoms with E-state index >= 15 is 0 Å². The molecule has 0 heterocycles. The predicted molar refractivity (Wildman–Crippen MR) is 72.6 cm³/mol. The van der Waals surface area contributed by atoms with Gasteiger partial charge in [0.25, 0.3) is 0 Å². The van der Waals surface area contributed by atoms with E-state index < -0.39 is 23.8 Å². The first-order valence-electron chi connectivity index (χ1n) is 6.37. The van der Waals surface area contributed by atoms with Gasteiger partial charge in [-0.25, -0.2) is 4.79 Å². The molecule has 1 rings (SSSR count). The number of carbonyl (C=O) groups excluding carboxylic acids is 1. The number of ether oxygens (including phenoxy) is 1. The molecule has 0 saturated carbocycles. The molecule has 0 amide bonds. The molecule has 4 heteroatoms. The van der Waals surface area contributed by atoms with Gasteiger partial charge in [0.1, 0.15) is 5.60 Å². The third-order valence-electron chi connectivity index (χ3n) is 2.71. The van der Waals surface area contributed by atoms with Gasteiger partial charge in [0, 0.05) is 0 Å². The van der Waals surface area contributed by atoms with Gasteiger partial charge < -0.3 is 14.9 Å². The van der Waals surface area contributed by atoms with Crippen LogP contribution in [0.15, 0.2) is 30.3 Å². The molecule has 0 radical (unpaired) electrons. The number of benzene rings is 1. The molecule has 1 atom stereocenters. The average molecular weight is 266 g/mol. The van der Waals surface area contributed by atoms with Crippen LogP contribution in [0.1, 0.15) is 32.8 Å². The Bertz CT molecular complexity index is 408. The molecule has 0 aliphatic rings. The first kappa shape index (κ1) is 15.7. The quantitative estimate of drug-likeness (QED) is 0.796. The summed E-state index contributed by atoms with van der Waals surface area (Å²) in [6, 6.07) is 9.50. The summed E-state index contributed by atoms with van der Waals surface area (Å²) in [6.07, 6.45) is 0.625. The molecular formula is C15H22O4. The van der Waals surface area contributed by atoms with E-state index in [-0.39, 0.29) is 6.42 Å². The summed E-state index contributed by atoms with van der Waals surface area (Å²) in [7, 11) is 0. The fourth-order valence-corrected chi connectivity index (χ4v) is 1.61. The zero-order chi connectivity index (χ0) is 14.5. The lowest BCUT2D eigenvalue weighted by atomic mass is 9.95. The SMILES string of the molecule is CC(C)(C)OC(=O)C(O)(CO)CCc1ccccc1. The Kier molecular flexibility index (Phi) is 5.09. The lowest BCUT2D eigenvalue weighted by Gasteiger charge is -2.28. The highest BCUT2D eigenvalue weighted by Crippen LogP contribution is 2.19. The van der Waals surface area contributed by atoms with Crippen molar-refractivity contribution in [1.29, 1.82) is 0 Å². The van der Waals surface area contributed by atoms with Gasteiger partial charge in [-0.05, 0) is 39.2 Å². The maximum Gasteiger partial charge on any atom is 0.341 e. The van der Waals surface area contributed by atoms with E-state index in [1.807, 2.05) is 30.3 Å². The van der Waals surface area contributed by atoms with E-state index in [1.54, 1.807) is 20.8 Å². The fourth-order valence-electron chi connectivity index (χ4n) is 1.61. The van der Waals surface area contributed by atoms with E-state index in [4.69, 9.17) is 4.74 Å². The molecule has 1 aromatic rings. The summed E-state index contributed by atoms with van der Waals surface area (Å²) in [5, 5.41) is 19.5. The van der Waals surface area contributed by atoms with Gasteiger partial charge in [-0.3, -0.25) is 0 Å². The van der Waals surface area contributed by atoms with Crippen LogP contribution in [0, 0.1) is 0 Å². The molecule has 2 N–H and O–H groups in total. The topological polar surface area (TPSA) is 66.8 Å². The van der Waals surface area contributed by atoms with Crippen LogP contribution in [0.4, 0.5) is 0 Å². The van der Waals surface area contributed by atoms with Crippen LogP contribution < -0.4 is 0 Å². The summed E-state index contributed by atoms with van der Waals surface area (Å²) in [5.41, 5.74) is -1.53. The Morgan fingerprint density at radius 3 is 2.26 bits per heavy atom. The van der Waals surface area contributed by atoms with E-state index in [2.05, 4.69) is 0 Å². The summed E-state index contributed by atoms with van der Waals surface area (Å²) in [6.45, 7) is 4.52. The largest absolute Gasteiger partial charge is 0.458 e. The number of aliphatic hydroxyl groups excluding tert-OH is 1. The minimum atomic E-state index is -1.84. The zero-order valence-corrected chi connectivity index (χ0v) is 11.7. The van der Waals surface area contributed by atoms with E-state index in [1.165, 1.54) is 0 Å². The highest BCUT2D eigenvalue weighted by molar-refractivity contribution is 5.79. The van der Waals surface area contributed by atoms with Crippen LogP contribution in [0.5, 0.6) is 0 Å². The van der Waals surface area contributed by atoms with Gasteiger partial charge in [0.2, 0.25) is 0 Å². The zero-order valence-electron chi connectivity index (χ0n) is 11.7. The second-order valence-corrected chi connectivity index (χ2v) is 5.68. The molecular weight excluding hydrogens is 244 g/mol.